The number of hydrogen-bond acceptors (Lipinski definition) is 1. The number of amides is 1. The Hall–Kier alpha value is -2.44. The monoisotopic (exact) mass is 334 g/mol. The van der Waals surface area contributed by atoms with Crippen molar-refractivity contribution in [2.45, 2.75) is 0 Å². The van der Waals surface area contributed by atoms with Crippen LogP contribution in [0.3, 0.4) is 0 Å². The van der Waals surface area contributed by atoms with Gasteiger partial charge in [0, 0.05) is 7.05 Å². The fourth-order valence-corrected chi connectivity index (χ4v) is 7.27. The summed E-state index contributed by atoms with van der Waals surface area (Å²) in [5.41, 5.74) is 0. The van der Waals surface area contributed by atoms with Crippen molar-refractivity contribution in [3.05, 3.63) is 91.0 Å². The molecular formula is C21H21NOP+. The first-order valence-electron chi connectivity index (χ1n) is 7.98. The van der Waals surface area contributed by atoms with Crippen molar-refractivity contribution >= 4 is 29.6 Å². The van der Waals surface area contributed by atoms with Crippen molar-refractivity contribution in [1.82, 2.24) is 4.90 Å². The normalized spacial score (nSPS) is 11.0. The van der Waals surface area contributed by atoms with Crippen molar-refractivity contribution in [2.75, 3.05) is 13.3 Å². The lowest BCUT2D eigenvalue weighted by Crippen LogP contribution is -2.38. The molecule has 3 aromatic rings. The van der Waals surface area contributed by atoms with E-state index in [9.17, 15) is 4.79 Å². The molecule has 0 saturated heterocycles. The van der Waals surface area contributed by atoms with Gasteiger partial charge in [0.2, 0.25) is 6.41 Å². The SMILES string of the molecule is CN(C=O)C[P+](c1ccccc1)(c1ccccc1)c1ccccc1. The molecule has 0 saturated carbocycles. The van der Waals surface area contributed by atoms with Crippen LogP contribution in [0, 0.1) is 0 Å². The maximum atomic E-state index is 11.4. The minimum Gasteiger partial charge on any atom is -0.315 e. The second-order valence-electron chi connectivity index (χ2n) is 5.82. The Bertz CT molecular complexity index is 678. The van der Waals surface area contributed by atoms with Crippen molar-refractivity contribution < 1.29 is 4.79 Å². The standard InChI is InChI=1S/C21H21NOP/c1-22(17-23)18-24(19-11-5-2-6-12-19,20-13-7-3-8-14-20)21-15-9-4-10-16-21/h2-17H,18H2,1H3/q+1. The van der Waals surface area contributed by atoms with Gasteiger partial charge in [0.1, 0.15) is 29.5 Å². The first kappa shape index (κ1) is 16.4. The van der Waals surface area contributed by atoms with Crippen LogP contribution in [0.1, 0.15) is 0 Å². The van der Waals surface area contributed by atoms with E-state index in [1.165, 1.54) is 15.9 Å². The average molecular weight is 334 g/mol. The van der Waals surface area contributed by atoms with Crippen LogP contribution in [0.15, 0.2) is 91.0 Å². The maximum absolute atomic E-state index is 11.4. The predicted molar refractivity (Wildman–Crippen MR) is 104 cm³/mol. The van der Waals surface area contributed by atoms with Crippen molar-refractivity contribution in [3.8, 4) is 0 Å². The molecule has 0 N–H and O–H groups in total. The summed E-state index contributed by atoms with van der Waals surface area (Å²) in [7, 11) is -0.0735. The van der Waals surface area contributed by atoms with Gasteiger partial charge in [-0.25, -0.2) is 0 Å². The lowest BCUT2D eigenvalue weighted by Gasteiger charge is -2.29. The fourth-order valence-electron chi connectivity index (χ4n) is 3.11. The summed E-state index contributed by atoms with van der Waals surface area (Å²) >= 11 is 0. The van der Waals surface area contributed by atoms with Crippen LogP contribution in [0.5, 0.6) is 0 Å². The zero-order chi connectivity index (χ0) is 16.8. The van der Waals surface area contributed by atoms with E-state index < -0.39 is 7.26 Å². The number of benzene rings is 3. The number of hydrogen-bond donors (Lipinski definition) is 0. The van der Waals surface area contributed by atoms with Crippen LogP contribution in [-0.4, -0.2) is 24.6 Å². The minimum atomic E-state index is -1.93. The molecule has 0 spiro atoms. The highest BCUT2D eigenvalue weighted by Gasteiger charge is 2.46. The molecule has 0 aliphatic heterocycles. The van der Waals surface area contributed by atoms with Gasteiger partial charge in [-0.3, -0.25) is 4.79 Å². The fraction of sp³-hybridized carbons (Fsp3) is 0.0952. The van der Waals surface area contributed by atoms with Crippen LogP contribution in [0.2, 0.25) is 0 Å². The van der Waals surface area contributed by atoms with E-state index in [2.05, 4.69) is 72.8 Å². The smallest absolute Gasteiger partial charge is 0.212 e. The van der Waals surface area contributed by atoms with Crippen LogP contribution >= 0.6 is 7.26 Å². The Morgan fingerprint density at radius 1 is 0.708 bits per heavy atom. The van der Waals surface area contributed by atoms with Crippen LogP contribution in [-0.2, 0) is 4.79 Å². The summed E-state index contributed by atoms with van der Waals surface area (Å²) < 4.78 is 0. The van der Waals surface area contributed by atoms with Gasteiger partial charge in [0.05, 0.1) is 0 Å². The van der Waals surface area contributed by atoms with Gasteiger partial charge in [0.15, 0.2) is 0 Å². The summed E-state index contributed by atoms with van der Waals surface area (Å²) in [5.74, 6) is 0. The number of carbonyl (C=O) groups is 1. The number of rotatable bonds is 6. The van der Waals surface area contributed by atoms with E-state index >= 15 is 0 Å². The third-order valence-electron chi connectivity index (χ3n) is 4.21. The highest BCUT2D eigenvalue weighted by molar-refractivity contribution is 7.95. The Morgan fingerprint density at radius 2 is 1.04 bits per heavy atom. The molecule has 3 rings (SSSR count). The molecule has 0 unspecified atom stereocenters. The topological polar surface area (TPSA) is 20.3 Å². The zero-order valence-electron chi connectivity index (χ0n) is 13.7. The van der Waals surface area contributed by atoms with Gasteiger partial charge in [-0.05, 0) is 36.4 Å². The van der Waals surface area contributed by atoms with E-state index in [0.717, 1.165) is 6.41 Å². The third-order valence-corrected chi connectivity index (χ3v) is 8.62. The summed E-state index contributed by atoms with van der Waals surface area (Å²) in [6.07, 6.45) is 1.61. The Kier molecular flexibility index (Phi) is 5.08. The molecule has 3 heteroatoms. The second-order valence-corrected chi connectivity index (χ2v) is 9.27. The molecule has 24 heavy (non-hydrogen) atoms. The number of carbonyl (C=O) groups excluding carboxylic acids is 1. The van der Waals surface area contributed by atoms with Crippen LogP contribution in [0.4, 0.5) is 0 Å². The Morgan fingerprint density at radius 3 is 1.33 bits per heavy atom. The molecule has 0 bridgehead atoms. The van der Waals surface area contributed by atoms with Gasteiger partial charge >= 0.3 is 0 Å². The zero-order valence-corrected chi connectivity index (χ0v) is 14.6. The van der Waals surface area contributed by atoms with Gasteiger partial charge in [-0.1, -0.05) is 54.6 Å². The van der Waals surface area contributed by atoms with Crippen LogP contribution in [0.25, 0.3) is 0 Å². The van der Waals surface area contributed by atoms with Gasteiger partial charge in [-0.15, -0.1) is 0 Å². The first-order valence-corrected chi connectivity index (χ1v) is 9.95. The predicted octanol–water partition coefficient (Wildman–Crippen LogP) is 3.03. The van der Waals surface area contributed by atoms with E-state index in [1.54, 1.807) is 4.90 Å². The van der Waals surface area contributed by atoms with E-state index in [1.807, 2.05) is 25.2 Å². The molecule has 3 aromatic carbocycles. The molecule has 0 aliphatic carbocycles. The minimum absolute atomic E-state index is 0.689. The average Bonchev–Trinajstić information content (AvgIpc) is 2.68. The van der Waals surface area contributed by atoms with Gasteiger partial charge < -0.3 is 4.90 Å². The second kappa shape index (κ2) is 7.42. The number of nitrogens with zero attached hydrogens (tertiary/aromatic N) is 1. The van der Waals surface area contributed by atoms with Crippen molar-refractivity contribution in [1.29, 1.82) is 0 Å². The highest BCUT2D eigenvalue weighted by Crippen LogP contribution is 2.55. The Labute approximate surface area is 144 Å². The first-order chi connectivity index (χ1) is 11.8. The van der Waals surface area contributed by atoms with E-state index in [-0.39, 0.29) is 0 Å². The molecule has 0 heterocycles. The molecule has 0 aliphatic rings. The van der Waals surface area contributed by atoms with Crippen molar-refractivity contribution in [3.63, 3.8) is 0 Å². The third kappa shape index (κ3) is 3.11. The summed E-state index contributed by atoms with van der Waals surface area (Å²) in [4.78, 5) is 13.2. The van der Waals surface area contributed by atoms with Crippen LogP contribution < -0.4 is 15.9 Å². The summed E-state index contributed by atoms with van der Waals surface area (Å²) in [6.45, 7) is 0. The molecule has 0 fully saturated rings. The highest BCUT2D eigenvalue weighted by atomic mass is 31.2. The maximum Gasteiger partial charge on any atom is 0.212 e. The molecule has 0 aromatic heterocycles. The summed E-state index contributed by atoms with van der Waals surface area (Å²) in [6, 6.07) is 31.7. The van der Waals surface area contributed by atoms with Gasteiger partial charge in [0.25, 0.3) is 0 Å². The molecular weight excluding hydrogens is 313 g/mol. The van der Waals surface area contributed by atoms with E-state index in [4.69, 9.17) is 0 Å². The lowest BCUT2D eigenvalue weighted by atomic mass is 10.4. The molecule has 1 amide bonds. The quantitative estimate of drug-likeness (QED) is 0.501. The molecule has 0 radical (unpaired) electrons. The molecule has 0 atom stereocenters. The molecule has 120 valence electrons. The van der Waals surface area contributed by atoms with E-state index in [0.29, 0.717) is 6.29 Å². The van der Waals surface area contributed by atoms with Crippen molar-refractivity contribution in [2.24, 2.45) is 0 Å². The summed E-state index contributed by atoms with van der Waals surface area (Å²) in [5, 5.41) is 3.86. The molecule has 2 nitrogen and oxygen atoms in total. The Balaban J connectivity index is 2.30. The lowest BCUT2D eigenvalue weighted by molar-refractivity contribution is -0.116. The largest absolute Gasteiger partial charge is 0.315 e. The van der Waals surface area contributed by atoms with Gasteiger partial charge in [-0.2, -0.15) is 0 Å².